The van der Waals surface area contributed by atoms with E-state index < -0.39 is 5.91 Å². The summed E-state index contributed by atoms with van der Waals surface area (Å²) >= 11 is 0. The van der Waals surface area contributed by atoms with Crippen LogP contribution in [0.3, 0.4) is 0 Å². The Bertz CT molecular complexity index is 421. The third-order valence-corrected chi connectivity index (χ3v) is 3.78. The van der Waals surface area contributed by atoms with Crippen LogP contribution in [-0.4, -0.2) is 12.5 Å². The Labute approximate surface area is 134 Å². The summed E-state index contributed by atoms with van der Waals surface area (Å²) < 4.78 is 7.47. The second-order valence-corrected chi connectivity index (χ2v) is 5.84. The minimum atomic E-state index is -0.409. The lowest BCUT2D eigenvalue weighted by Gasteiger charge is -2.03. The van der Waals surface area contributed by atoms with Gasteiger partial charge in [-0.3, -0.25) is 4.79 Å². The molecule has 0 aliphatic heterocycles. The molecule has 0 saturated heterocycles. The van der Waals surface area contributed by atoms with Crippen LogP contribution in [0.1, 0.15) is 75.1 Å². The summed E-state index contributed by atoms with van der Waals surface area (Å²) in [7, 11) is 0. The smallest absolute Gasteiger partial charge is 0.254 e. The molecule has 1 aromatic heterocycles. The van der Waals surface area contributed by atoms with E-state index in [1.807, 2.05) is 16.8 Å². The number of pyridine rings is 1. The summed E-state index contributed by atoms with van der Waals surface area (Å²) in [5, 5.41) is 0. The molecular formula is C18H31N2O2+. The molecule has 0 saturated carbocycles. The Morgan fingerprint density at radius 1 is 1.09 bits per heavy atom. The van der Waals surface area contributed by atoms with Crippen LogP contribution in [0.5, 0.6) is 0 Å². The molecule has 2 N–H and O–H groups in total. The van der Waals surface area contributed by atoms with Crippen LogP contribution in [0.15, 0.2) is 24.5 Å². The lowest BCUT2D eigenvalue weighted by molar-refractivity contribution is -0.732. The number of ether oxygens (including phenoxy) is 1. The first-order chi connectivity index (χ1) is 10.7. The van der Waals surface area contributed by atoms with E-state index >= 15 is 0 Å². The molecule has 0 aliphatic rings. The highest BCUT2D eigenvalue weighted by Crippen LogP contribution is 2.09. The Kier molecular flexibility index (Phi) is 10.3. The van der Waals surface area contributed by atoms with Crippen molar-refractivity contribution in [2.24, 2.45) is 5.73 Å². The number of unbranched alkanes of at least 4 members (excludes halogenated alkanes) is 8. The zero-order valence-corrected chi connectivity index (χ0v) is 13.9. The average molecular weight is 307 g/mol. The lowest BCUT2D eigenvalue weighted by Crippen LogP contribution is -2.36. The van der Waals surface area contributed by atoms with Crippen molar-refractivity contribution >= 4 is 5.91 Å². The van der Waals surface area contributed by atoms with Crippen molar-refractivity contribution in [3.05, 3.63) is 30.1 Å². The van der Waals surface area contributed by atoms with E-state index in [2.05, 4.69) is 6.92 Å². The number of rotatable bonds is 13. The number of aromatic nitrogens is 1. The summed E-state index contributed by atoms with van der Waals surface area (Å²) in [6.07, 6.45) is 15.4. The van der Waals surface area contributed by atoms with Gasteiger partial charge in [0.2, 0.25) is 0 Å². The maximum Gasteiger partial charge on any atom is 0.254 e. The van der Waals surface area contributed by atoms with E-state index in [4.69, 9.17) is 10.5 Å². The molecule has 0 fully saturated rings. The first-order valence-corrected chi connectivity index (χ1v) is 8.60. The molecule has 0 spiro atoms. The van der Waals surface area contributed by atoms with E-state index in [-0.39, 0.29) is 0 Å². The Balaban J connectivity index is 1.97. The highest BCUT2D eigenvalue weighted by Gasteiger charge is 2.06. The second kappa shape index (κ2) is 12.2. The maximum atomic E-state index is 11.1. The molecule has 4 nitrogen and oxygen atoms in total. The van der Waals surface area contributed by atoms with Crippen molar-refractivity contribution in [2.75, 3.05) is 6.61 Å². The molecule has 1 rings (SSSR count). The predicted octanol–water partition coefficient (Wildman–Crippen LogP) is 3.58. The van der Waals surface area contributed by atoms with Crippen molar-refractivity contribution in [1.82, 2.24) is 0 Å². The van der Waals surface area contributed by atoms with Gasteiger partial charge < -0.3 is 10.5 Å². The van der Waals surface area contributed by atoms with Gasteiger partial charge in [-0.2, -0.15) is 4.57 Å². The van der Waals surface area contributed by atoms with Gasteiger partial charge in [-0.25, -0.2) is 0 Å². The molecule has 0 aromatic carbocycles. The zero-order chi connectivity index (χ0) is 16.0. The normalized spacial score (nSPS) is 10.8. The number of nitrogens with zero attached hydrogens (tertiary/aromatic N) is 1. The van der Waals surface area contributed by atoms with Crippen molar-refractivity contribution < 1.29 is 14.1 Å². The number of primary amides is 1. The third-order valence-electron chi connectivity index (χ3n) is 3.78. The van der Waals surface area contributed by atoms with Gasteiger partial charge in [-0.15, -0.1) is 0 Å². The monoisotopic (exact) mass is 307 g/mol. The second-order valence-electron chi connectivity index (χ2n) is 5.84. The Hall–Kier alpha value is -1.42. The number of hydrogen-bond donors (Lipinski definition) is 1. The highest BCUT2D eigenvalue weighted by molar-refractivity contribution is 5.92. The van der Waals surface area contributed by atoms with Crippen LogP contribution >= 0.6 is 0 Å². The zero-order valence-electron chi connectivity index (χ0n) is 13.9. The highest BCUT2D eigenvalue weighted by atomic mass is 16.5. The Morgan fingerprint density at radius 3 is 2.36 bits per heavy atom. The molecule has 0 radical (unpaired) electrons. The average Bonchev–Trinajstić information content (AvgIpc) is 2.53. The first-order valence-electron chi connectivity index (χ1n) is 8.60. The van der Waals surface area contributed by atoms with Gasteiger partial charge in [0.15, 0.2) is 12.4 Å². The fourth-order valence-corrected chi connectivity index (χ4v) is 2.43. The van der Waals surface area contributed by atoms with E-state index in [0.29, 0.717) is 12.3 Å². The molecule has 1 aromatic rings. The van der Waals surface area contributed by atoms with E-state index in [9.17, 15) is 4.79 Å². The summed E-state index contributed by atoms with van der Waals surface area (Å²) in [5.74, 6) is -0.409. The van der Waals surface area contributed by atoms with Crippen LogP contribution in [0.2, 0.25) is 0 Å². The van der Waals surface area contributed by atoms with Crippen LogP contribution in [0.25, 0.3) is 0 Å². The molecular weight excluding hydrogens is 276 g/mol. The molecule has 4 heteroatoms. The van der Waals surface area contributed by atoms with E-state index in [0.717, 1.165) is 13.0 Å². The number of hydrogen-bond acceptors (Lipinski definition) is 2. The fourth-order valence-electron chi connectivity index (χ4n) is 2.43. The van der Waals surface area contributed by atoms with E-state index in [1.165, 1.54) is 51.4 Å². The quantitative estimate of drug-likeness (QED) is 0.447. The van der Waals surface area contributed by atoms with Crippen molar-refractivity contribution in [3.63, 3.8) is 0 Å². The standard InChI is InChI=1S/C18H30N2O2/c1-2-3-4-5-6-7-8-9-10-14-22-16-20-13-11-12-17(15-20)18(19)21/h11-13,15H,2-10,14,16H2,1H3,(H-,19,21)/p+1. The molecule has 1 heterocycles. The van der Waals surface area contributed by atoms with Gasteiger partial charge in [-0.1, -0.05) is 58.3 Å². The molecule has 1 amide bonds. The summed E-state index contributed by atoms with van der Waals surface area (Å²) in [4.78, 5) is 11.1. The van der Waals surface area contributed by atoms with Crippen LogP contribution in [0, 0.1) is 0 Å². The van der Waals surface area contributed by atoms with Crippen molar-refractivity contribution in [2.45, 2.75) is 71.4 Å². The van der Waals surface area contributed by atoms with Crippen LogP contribution in [0.4, 0.5) is 0 Å². The molecule has 0 aliphatic carbocycles. The predicted molar refractivity (Wildman–Crippen MR) is 88.3 cm³/mol. The van der Waals surface area contributed by atoms with Crippen molar-refractivity contribution in [1.29, 1.82) is 0 Å². The number of carbonyl (C=O) groups excluding carboxylic acids is 1. The molecule has 0 atom stereocenters. The number of carbonyl (C=O) groups is 1. The largest absolute Gasteiger partial charge is 0.365 e. The van der Waals surface area contributed by atoms with Crippen LogP contribution < -0.4 is 10.3 Å². The lowest BCUT2D eigenvalue weighted by atomic mass is 10.1. The molecule has 0 unspecified atom stereocenters. The van der Waals surface area contributed by atoms with Gasteiger partial charge in [0.25, 0.3) is 12.6 Å². The minimum absolute atomic E-state index is 0.409. The first kappa shape index (κ1) is 18.6. The SMILES string of the molecule is CCCCCCCCCCCOC[n+]1cccc(C(N)=O)c1. The fraction of sp³-hybridized carbons (Fsp3) is 0.667. The number of amides is 1. The molecule has 22 heavy (non-hydrogen) atoms. The van der Waals surface area contributed by atoms with Crippen LogP contribution in [-0.2, 0) is 11.5 Å². The van der Waals surface area contributed by atoms with Gasteiger partial charge in [0, 0.05) is 6.07 Å². The summed E-state index contributed by atoms with van der Waals surface area (Å²) in [6.45, 7) is 3.49. The van der Waals surface area contributed by atoms with E-state index in [1.54, 1.807) is 12.3 Å². The third kappa shape index (κ3) is 8.78. The Morgan fingerprint density at radius 2 is 1.73 bits per heavy atom. The van der Waals surface area contributed by atoms with Crippen molar-refractivity contribution in [3.8, 4) is 0 Å². The minimum Gasteiger partial charge on any atom is -0.365 e. The number of nitrogens with two attached hydrogens (primary N) is 1. The van der Waals surface area contributed by atoms with Gasteiger partial charge >= 0.3 is 0 Å². The summed E-state index contributed by atoms with van der Waals surface area (Å²) in [6, 6.07) is 3.52. The maximum absolute atomic E-state index is 11.1. The molecule has 0 bridgehead atoms. The van der Waals surface area contributed by atoms with Gasteiger partial charge in [0.05, 0.1) is 6.61 Å². The summed E-state index contributed by atoms with van der Waals surface area (Å²) in [5.41, 5.74) is 5.76. The topological polar surface area (TPSA) is 56.2 Å². The van der Waals surface area contributed by atoms with Gasteiger partial charge in [-0.05, 0) is 12.5 Å². The van der Waals surface area contributed by atoms with Gasteiger partial charge in [0.1, 0.15) is 5.56 Å². The molecule has 124 valence electrons.